The summed E-state index contributed by atoms with van der Waals surface area (Å²) in [5, 5.41) is 14.6. The highest BCUT2D eigenvalue weighted by molar-refractivity contribution is 6.31. The molecule has 0 unspecified atom stereocenters. The Labute approximate surface area is 237 Å². The fraction of sp³-hybridized carbons (Fsp3) is 0.300. The summed E-state index contributed by atoms with van der Waals surface area (Å²) < 4.78 is 5.60. The van der Waals surface area contributed by atoms with E-state index in [2.05, 4.69) is 5.32 Å². The second-order valence-corrected chi connectivity index (χ2v) is 11.8. The number of carbonyl (C=O) groups is 3. The molecular weight excluding hydrogens is 539 g/mol. The molecule has 0 bridgehead atoms. The number of nitrogens with one attached hydrogen (secondary N) is 1. The molecule has 39 heavy (non-hydrogen) atoms. The van der Waals surface area contributed by atoms with Gasteiger partial charge in [0, 0.05) is 43.9 Å². The van der Waals surface area contributed by atoms with Crippen molar-refractivity contribution in [2.75, 3.05) is 18.5 Å². The summed E-state index contributed by atoms with van der Waals surface area (Å²) in [6.45, 7) is 7.05. The molecule has 0 spiro atoms. The van der Waals surface area contributed by atoms with Crippen LogP contribution in [0.3, 0.4) is 0 Å². The van der Waals surface area contributed by atoms with E-state index in [9.17, 15) is 19.5 Å². The fourth-order valence-electron chi connectivity index (χ4n) is 5.18. The third-order valence-electron chi connectivity index (χ3n) is 6.68. The first-order valence-corrected chi connectivity index (χ1v) is 13.3. The van der Waals surface area contributed by atoms with Crippen LogP contribution in [0.5, 0.6) is 0 Å². The van der Waals surface area contributed by atoms with Crippen LogP contribution < -0.4 is 9.80 Å². The first-order valence-electron chi connectivity index (χ1n) is 12.5. The molecule has 2 N–H and O–H groups in total. The fourth-order valence-corrected chi connectivity index (χ4v) is 5.60. The second kappa shape index (κ2) is 11.1. The van der Waals surface area contributed by atoms with Crippen molar-refractivity contribution < 1.29 is 24.2 Å². The molecule has 9 heteroatoms. The molecule has 1 aliphatic heterocycles. The molecule has 0 saturated heterocycles. The van der Waals surface area contributed by atoms with Crippen molar-refractivity contribution in [2.24, 2.45) is 5.41 Å². The van der Waals surface area contributed by atoms with Gasteiger partial charge in [0.1, 0.15) is 11.8 Å². The van der Waals surface area contributed by atoms with Crippen molar-refractivity contribution in [3.05, 3.63) is 93.5 Å². The Balaban J connectivity index is 2.00. The van der Waals surface area contributed by atoms with Crippen molar-refractivity contribution >= 4 is 52.2 Å². The van der Waals surface area contributed by atoms with Crippen LogP contribution in [0.2, 0.25) is 10.0 Å². The lowest BCUT2D eigenvalue weighted by molar-refractivity contribution is -0.151. The maximum absolute atomic E-state index is 14.3. The van der Waals surface area contributed by atoms with Gasteiger partial charge in [0.2, 0.25) is 0 Å². The van der Waals surface area contributed by atoms with Gasteiger partial charge in [-0.1, -0.05) is 74.3 Å². The van der Waals surface area contributed by atoms with Gasteiger partial charge >= 0.3 is 11.9 Å². The molecule has 0 radical (unpaired) electrons. The van der Waals surface area contributed by atoms with Gasteiger partial charge in [0.25, 0.3) is 6.17 Å². The minimum Gasteiger partial charge on any atom is -0.475 e. The zero-order valence-electron chi connectivity index (χ0n) is 22.2. The number of carboxylic acid groups (broad SMARTS) is 1. The highest BCUT2D eigenvalue weighted by Crippen LogP contribution is 2.45. The van der Waals surface area contributed by atoms with Crippen LogP contribution in [-0.2, 0) is 14.3 Å². The summed E-state index contributed by atoms with van der Waals surface area (Å²) in [5.74, 6) is -1.84. The summed E-state index contributed by atoms with van der Waals surface area (Å²) in [6, 6.07) is 18.8. The minimum absolute atomic E-state index is 0.134. The molecule has 1 aliphatic rings. The average Bonchev–Trinajstić information content (AvgIpc) is 2.97. The summed E-state index contributed by atoms with van der Waals surface area (Å²) in [6.07, 6.45) is -2.21. The number of hydrogen-bond donors (Lipinski definition) is 2. The van der Waals surface area contributed by atoms with Crippen LogP contribution in [0.4, 0.5) is 11.4 Å². The van der Waals surface area contributed by atoms with Gasteiger partial charge in [0.15, 0.2) is 12.4 Å². The quantitative estimate of drug-likeness (QED) is 0.242. The van der Waals surface area contributed by atoms with Crippen LogP contribution in [-0.4, -0.2) is 42.1 Å². The lowest BCUT2D eigenvalue weighted by Crippen LogP contribution is -2.69. The number of anilines is 1. The molecule has 0 aliphatic carbocycles. The maximum atomic E-state index is 14.3. The highest BCUT2D eigenvalue weighted by Gasteiger charge is 2.55. The number of nitrogens with zero attached hydrogens (tertiary/aromatic N) is 1. The Morgan fingerprint density at radius 1 is 1.05 bits per heavy atom. The molecule has 3 atom stereocenters. The highest BCUT2D eigenvalue weighted by atomic mass is 35.5. The number of quaternary nitrogens is 1. The molecule has 1 amide bonds. The van der Waals surface area contributed by atoms with Crippen LogP contribution >= 0.6 is 23.2 Å². The number of rotatable bonds is 7. The second-order valence-electron chi connectivity index (χ2n) is 10.9. The van der Waals surface area contributed by atoms with Gasteiger partial charge in [0.05, 0.1) is 6.54 Å². The molecule has 204 valence electrons. The minimum atomic E-state index is -1.45. The SMILES string of the molecule is CC(=O)c1cccc(N[C@@H](C(=O)O)[N@+]2(CC(C)(C)C)C(=O)CO[C@H](c3ccccc3Cl)c3cc(Cl)ccc32)c1. The molecule has 1 heterocycles. The van der Waals surface area contributed by atoms with Crippen molar-refractivity contribution in [3.63, 3.8) is 0 Å². The van der Waals surface area contributed by atoms with E-state index in [1.54, 1.807) is 54.6 Å². The smallest absolute Gasteiger partial charge is 0.386 e. The maximum Gasteiger partial charge on any atom is 0.386 e. The predicted octanol–water partition coefficient (Wildman–Crippen LogP) is 6.72. The first-order chi connectivity index (χ1) is 18.3. The normalized spacial score (nSPS) is 20.1. The standard InChI is InChI=1S/C30H30Cl2N2O5/c1-18(35)19-8-7-9-21(14-19)33-28(29(37)38)34(17-30(2,3)4)25-13-12-20(31)15-23(25)27(39-16-26(34)36)22-10-5-6-11-24(22)32/h5-15,27-28,33H,16-17H2,1-4H3/p+1/t27-,28-,34+/m1/s1. The van der Waals surface area contributed by atoms with Gasteiger partial charge in [-0.3, -0.25) is 4.79 Å². The number of benzene rings is 3. The Hall–Kier alpha value is -3.23. The number of Topliss-reactive ketones (excluding diaryl/α,β-unsaturated/α-hetero) is 1. The lowest BCUT2D eigenvalue weighted by Gasteiger charge is -2.43. The molecule has 4 rings (SSSR count). The molecular formula is C30H31Cl2N2O5+. The van der Waals surface area contributed by atoms with Crippen molar-refractivity contribution in [1.82, 2.24) is 4.48 Å². The van der Waals surface area contributed by atoms with Gasteiger partial charge < -0.3 is 15.2 Å². The Morgan fingerprint density at radius 3 is 2.41 bits per heavy atom. The van der Waals surface area contributed by atoms with Crippen LogP contribution in [0.15, 0.2) is 66.7 Å². The van der Waals surface area contributed by atoms with E-state index in [1.165, 1.54) is 6.92 Å². The number of fused-ring (bicyclic) bond motifs is 1. The molecule has 3 aromatic carbocycles. The largest absolute Gasteiger partial charge is 0.475 e. The van der Waals surface area contributed by atoms with Gasteiger partial charge in [-0.05, 0) is 37.3 Å². The molecule has 7 nitrogen and oxygen atoms in total. The van der Waals surface area contributed by atoms with Gasteiger partial charge in [-0.25, -0.2) is 9.59 Å². The third-order valence-corrected chi connectivity index (χ3v) is 7.26. The summed E-state index contributed by atoms with van der Waals surface area (Å²) in [4.78, 5) is 39.3. The molecule has 3 aromatic rings. The van der Waals surface area contributed by atoms with E-state index in [4.69, 9.17) is 27.9 Å². The van der Waals surface area contributed by atoms with Crippen molar-refractivity contribution in [1.29, 1.82) is 0 Å². The Morgan fingerprint density at radius 2 is 1.77 bits per heavy atom. The van der Waals surface area contributed by atoms with Crippen molar-refractivity contribution in [2.45, 2.75) is 40.0 Å². The van der Waals surface area contributed by atoms with Crippen LogP contribution in [0, 0.1) is 5.41 Å². The van der Waals surface area contributed by atoms with E-state index in [-0.39, 0.29) is 18.9 Å². The number of carboxylic acids is 1. The van der Waals surface area contributed by atoms with Crippen LogP contribution in [0.1, 0.15) is 55.3 Å². The number of aliphatic carboxylic acids is 1. The van der Waals surface area contributed by atoms with Crippen molar-refractivity contribution in [3.8, 4) is 0 Å². The van der Waals surface area contributed by atoms with Gasteiger partial charge in [-0.2, -0.15) is 4.48 Å². The number of ether oxygens (including phenoxy) is 1. The summed E-state index contributed by atoms with van der Waals surface area (Å²) in [7, 11) is 0. The van der Waals surface area contributed by atoms with E-state index < -0.39 is 34.0 Å². The Bertz CT molecular complexity index is 1430. The van der Waals surface area contributed by atoms with E-state index in [0.29, 0.717) is 38.1 Å². The predicted molar refractivity (Wildman–Crippen MR) is 153 cm³/mol. The van der Waals surface area contributed by atoms with E-state index in [0.717, 1.165) is 0 Å². The average molecular weight is 570 g/mol. The van der Waals surface area contributed by atoms with Gasteiger partial charge in [-0.15, -0.1) is 0 Å². The third kappa shape index (κ3) is 5.87. The number of carbonyl (C=O) groups excluding carboxylic acids is 2. The monoisotopic (exact) mass is 569 g/mol. The Kier molecular flexibility index (Phi) is 8.19. The lowest BCUT2D eigenvalue weighted by atomic mass is 9.91. The number of ketones is 1. The topological polar surface area (TPSA) is 92.7 Å². The molecule has 0 fully saturated rings. The zero-order chi connectivity index (χ0) is 28.5. The number of halogens is 2. The summed E-state index contributed by atoms with van der Waals surface area (Å²) >= 11 is 13.0. The molecule has 0 aromatic heterocycles. The number of hydrogen-bond acceptors (Lipinski definition) is 5. The first kappa shape index (κ1) is 28.8. The van der Waals surface area contributed by atoms with E-state index in [1.807, 2.05) is 32.9 Å². The molecule has 0 saturated carbocycles. The van der Waals surface area contributed by atoms with Crippen LogP contribution in [0.25, 0.3) is 0 Å². The van der Waals surface area contributed by atoms with E-state index >= 15 is 0 Å². The zero-order valence-corrected chi connectivity index (χ0v) is 23.7. The number of amides is 1. The summed E-state index contributed by atoms with van der Waals surface area (Å²) in [5.41, 5.74) is 1.97.